The Morgan fingerprint density at radius 3 is 2.38 bits per heavy atom. The van der Waals surface area contributed by atoms with Crippen molar-refractivity contribution in [3.05, 3.63) is 35.4 Å². The molecule has 144 valence electrons. The lowest BCUT2D eigenvalue weighted by molar-refractivity contribution is -0.132. The number of piperazine rings is 1. The van der Waals surface area contributed by atoms with Crippen molar-refractivity contribution < 1.29 is 18.4 Å². The Hall–Kier alpha value is -1.73. The largest absolute Gasteiger partial charge is 0.339 e. The lowest BCUT2D eigenvalue weighted by Crippen LogP contribution is -2.50. The molecule has 0 saturated carbocycles. The molecule has 2 heterocycles. The van der Waals surface area contributed by atoms with Crippen LogP contribution in [0.3, 0.4) is 0 Å². The monoisotopic (exact) mass is 387 g/mol. The van der Waals surface area contributed by atoms with Gasteiger partial charge in [0.2, 0.25) is 5.91 Å². The zero-order valence-corrected chi connectivity index (χ0v) is 15.4. The summed E-state index contributed by atoms with van der Waals surface area (Å²) in [5.41, 5.74) is 0.132. The van der Waals surface area contributed by atoms with Gasteiger partial charge in [-0.3, -0.25) is 9.59 Å². The molecule has 0 spiro atoms. The molecule has 3 rings (SSSR count). The van der Waals surface area contributed by atoms with E-state index >= 15 is 0 Å². The van der Waals surface area contributed by atoms with Gasteiger partial charge in [0.1, 0.15) is 0 Å². The molecular formula is C18H24ClF2N3O2. The van der Waals surface area contributed by atoms with Crippen molar-refractivity contribution >= 4 is 24.2 Å². The number of carbonyl (C=O) groups is 2. The Kier molecular flexibility index (Phi) is 7.34. The number of hydrogen-bond donors (Lipinski definition) is 1. The summed E-state index contributed by atoms with van der Waals surface area (Å²) >= 11 is 0. The highest BCUT2D eigenvalue weighted by Crippen LogP contribution is 2.17. The predicted octanol–water partition coefficient (Wildman–Crippen LogP) is 2.06. The molecule has 2 fully saturated rings. The molecule has 1 unspecified atom stereocenters. The van der Waals surface area contributed by atoms with Gasteiger partial charge < -0.3 is 15.1 Å². The Morgan fingerprint density at radius 2 is 1.77 bits per heavy atom. The first-order chi connectivity index (χ1) is 12.0. The van der Waals surface area contributed by atoms with Crippen molar-refractivity contribution in [2.24, 2.45) is 5.92 Å². The fourth-order valence-corrected chi connectivity index (χ4v) is 3.42. The highest BCUT2D eigenvalue weighted by atomic mass is 35.5. The predicted molar refractivity (Wildman–Crippen MR) is 96.3 cm³/mol. The lowest BCUT2D eigenvalue weighted by Gasteiger charge is -2.35. The third kappa shape index (κ3) is 4.92. The van der Waals surface area contributed by atoms with Crippen LogP contribution in [0.5, 0.6) is 0 Å². The molecule has 1 N–H and O–H groups in total. The molecule has 1 aromatic rings. The smallest absolute Gasteiger partial charge is 0.254 e. The molecule has 1 atom stereocenters. The fourth-order valence-electron chi connectivity index (χ4n) is 3.42. The van der Waals surface area contributed by atoms with Crippen LogP contribution in [-0.2, 0) is 4.79 Å². The van der Waals surface area contributed by atoms with Crippen LogP contribution >= 0.6 is 12.4 Å². The molecule has 2 amide bonds. The van der Waals surface area contributed by atoms with Gasteiger partial charge in [-0.1, -0.05) is 0 Å². The van der Waals surface area contributed by atoms with E-state index in [1.54, 1.807) is 9.80 Å². The van der Waals surface area contributed by atoms with E-state index in [9.17, 15) is 18.4 Å². The van der Waals surface area contributed by atoms with Crippen LogP contribution in [0, 0.1) is 17.6 Å². The fraction of sp³-hybridized carbons (Fsp3) is 0.556. The van der Waals surface area contributed by atoms with Gasteiger partial charge in [0.15, 0.2) is 11.6 Å². The second kappa shape index (κ2) is 9.28. The Balaban J connectivity index is 0.00000243. The summed E-state index contributed by atoms with van der Waals surface area (Å²) in [5.74, 6) is -1.61. The number of nitrogens with zero attached hydrogens (tertiary/aromatic N) is 2. The first-order valence-electron chi connectivity index (χ1n) is 8.77. The number of halogens is 3. The average Bonchev–Trinajstić information content (AvgIpc) is 3.15. The van der Waals surface area contributed by atoms with Crippen LogP contribution in [0.25, 0.3) is 0 Å². The van der Waals surface area contributed by atoms with Crippen LogP contribution in [0.4, 0.5) is 8.78 Å². The van der Waals surface area contributed by atoms with Crippen molar-refractivity contribution in [1.29, 1.82) is 0 Å². The van der Waals surface area contributed by atoms with Crippen LogP contribution < -0.4 is 5.32 Å². The van der Waals surface area contributed by atoms with Gasteiger partial charge >= 0.3 is 0 Å². The number of carbonyl (C=O) groups excluding carboxylic acids is 2. The minimum absolute atomic E-state index is 0. The number of rotatable bonds is 4. The summed E-state index contributed by atoms with van der Waals surface area (Å²) < 4.78 is 26.3. The quantitative estimate of drug-likeness (QED) is 0.860. The van der Waals surface area contributed by atoms with Crippen LogP contribution in [0.2, 0.25) is 0 Å². The number of benzene rings is 1. The van der Waals surface area contributed by atoms with E-state index in [0.29, 0.717) is 38.5 Å². The molecule has 2 aliphatic heterocycles. The third-order valence-corrected chi connectivity index (χ3v) is 5.01. The highest BCUT2D eigenvalue weighted by molar-refractivity contribution is 5.94. The normalized spacial score (nSPS) is 20.0. The average molecular weight is 388 g/mol. The summed E-state index contributed by atoms with van der Waals surface area (Å²) in [4.78, 5) is 28.0. The number of hydrogen-bond acceptors (Lipinski definition) is 3. The van der Waals surface area contributed by atoms with Crippen molar-refractivity contribution in [3.63, 3.8) is 0 Å². The Labute approximate surface area is 158 Å². The maximum atomic E-state index is 13.3. The summed E-state index contributed by atoms with van der Waals surface area (Å²) in [6.45, 7) is 3.81. The molecule has 0 bridgehead atoms. The molecule has 26 heavy (non-hydrogen) atoms. The van der Waals surface area contributed by atoms with E-state index in [1.165, 1.54) is 6.07 Å². The van der Waals surface area contributed by atoms with Crippen LogP contribution in [-0.4, -0.2) is 60.9 Å². The minimum atomic E-state index is -1.03. The summed E-state index contributed by atoms with van der Waals surface area (Å²) in [6, 6.07) is 3.17. The summed E-state index contributed by atoms with van der Waals surface area (Å²) in [6.07, 6.45) is 2.58. The first-order valence-corrected chi connectivity index (χ1v) is 8.77. The number of amides is 2. The van der Waals surface area contributed by atoms with Crippen molar-refractivity contribution in [2.45, 2.75) is 19.3 Å². The zero-order chi connectivity index (χ0) is 17.8. The molecule has 5 nitrogen and oxygen atoms in total. The second-order valence-corrected chi connectivity index (χ2v) is 6.70. The van der Waals surface area contributed by atoms with Crippen LogP contribution in [0.15, 0.2) is 18.2 Å². The summed E-state index contributed by atoms with van der Waals surface area (Å²) in [7, 11) is 0. The maximum Gasteiger partial charge on any atom is 0.254 e. The van der Waals surface area contributed by atoms with E-state index in [-0.39, 0.29) is 29.8 Å². The van der Waals surface area contributed by atoms with E-state index in [2.05, 4.69) is 5.32 Å². The molecule has 1 aromatic carbocycles. The number of nitrogens with one attached hydrogen (secondary N) is 1. The molecule has 0 aromatic heterocycles. The highest BCUT2D eigenvalue weighted by Gasteiger charge is 2.26. The van der Waals surface area contributed by atoms with Gasteiger partial charge in [0, 0.05) is 38.2 Å². The van der Waals surface area contributed by atoms with Gasteiger partial charge in [0.25, 0.3) is 5.91 Å². The molecule has 0 radical (unpaired) electrons. The topological polar surface area (TPSA) is 52.7 Å². The molecule has 0 aliphatic carbocycles. The second-order valence-electron chi connectivity index (χ2n) is 6.70. The molecule has 8 heteroatoms. The lowest BCUT2D eigenvalue weighted by atomic mass is 10.0. The molecular weight excluding hydrogens is 364 g/mol. The van der Waals surface area contributed by atoms with Gasteiger partial charge in [-0.15, -0.1) is 12.4 Å². The van der Waals surface area contributed by atoms with E-state index in [1.807, 2.05) is 0 Å². The first kappa shape index (κ1) is 20.6. The summed E-state index contributed by atoms with van der Waals surface area (Å²) in [5, 5.41) is 3.30. The zero-order valence-electron chi connectivity index (χ0n) is 14.5. The maximum absolute atomic E-state index is 13.3. The molecule has 2 aliphatic rings. The van der Waals surface area contributed by atoms with Gasteiger partial charge in [-0.2, -0.15) is 0 Å². The Bertz CT molecular complexity index is 645. The van der Waals surface area contributed by atoms with E-state index < -0.39 is 11.6 Å². The van der Waals surface area contributed by atoms with Gasteiger partial charge in [-0.25, -0.2) is 8.78 Å². The van der Waals surface area contributed by atoms with E-state index in [4.69, 9.17) is 0 Å². The standard InChI is InChI=1S/C18H23F2N3O2.ClH/c19-15-3-2-14(11-16(15)20)18(25)23-9-7-22(8-10-23)17(24)4-1-13-5-6-21-12-13;/h2-3,11,13,21H,1,4-10,12H2;1H. The SMILES string of the molecule is Cl.O=C(CCC1CCNC1)N1CCN(C(=O)c2ccc(F)c(F)c2)CC1. The Morgan fingerprint density at radius 1 is 1.08 bits per heavy atom. The van der Waals surface area contributed by atoms with Crippen molar-refractivity contribution in [3.8, 4) is 0 Å². The van der Waals surface area contributed by atoms with Crippen molar-refractivity contribution in [1.82, 2.24) is 15.1 Å². The van der Waals surface area contributed by atoms with Crippen molar-refractivity contribution in [2.75, 3.05) is 39.3 Å². The van der Waals surface area contributed by atoms with Crippen LogP contribution in [0.1, 0.15) is 29.6 Å². The van der Waals surface area contributed by atoms with Gasteiger partial charge in [-0.05, 0) is 50.0 Å². The third-order valence-electron chi connectivity index (χ3n) is 5.01. The van der Waals surface area contributed by atoms with E-state index in [0.717, 1.165) is 38.1 Å². The van der Waals surface area contributed by atoms with Gasteiger partial charge in [0.05, 0.1) is 0 Å². The molecule has 2 saturated heterocycles. The minimum Gasteiger partial charge on any atom is -0.339 e.